The molecule has 4 aromatic carbocycles. The molecular weight excluding hydrogens is 999 g/mol. The number of nitrogens with zero attached hydrogens (tertiary/aromatic N) is 6. The van der Waals surface area contributed by atoms with Crippen molar-refractivity contribution in [3.8, 4) is 5.75 Å². The van der Waals surface area contributed by atoms with Gasteiger partial charge in [-0.15, -0.1) is 0 Å². The van der Waals surface area contributed by atoms with Crippen molar-refractivity contribution >= 4 is 57.4 Å². The highest BCUT2D eigenvalue weighted by atomic mass is 19.1. The van der Waals surface area contributed by atoms with Crippen LogP contribution in [0.15, 0.2) is 72.8 Å². The molecule has 0 bridgehead atoms. The number of imidazole rings is 2. The number of carbonyl (C=O) groups excluding carboxylic acids is 4. The molecule has 4 amide bonds. The molecule has 6 aromatic rings. The molecule has 78 heavy (non-hydrogen) atoms. The van der Waals surface area contributed by atoms with Crippen LogP contribution in [0.5, 0.6) is 5.75 Å². The molecule has 2 aromatic heterocycles. The van der Waals surface area contributed by atoms with E-state index >= 15 is 8.78 Å². The Morgan fingerprint density at radius 1 is 0.628 bits per heavy atom. The Bertz CT molecular complexity index is 3130. The number of aromatic nitrogens is 4. The van der Waals surface area contributed by atoms with Crippen molar-refractivity contribution < 1.29 is 42.2 Å². The first-order valence-electron chi connectivity index (χ1n) is 27.6. The van der Waals surface area contributed by atoms with E-state index in [1.54, 1.807) is 12.0 Å². The Labute approximate surface area is 453 Å². The molecule has 4 saturated heterocycles. The van der Waals surface area contributed by atoms with Crippen LogP contribution in [0.2, 0.25) is 0 Å². The van der Waals surface area contributed by atoms with E-state index in [0.29, 0.717) is 63.4 Å². The third-order valence-corrected chi connectivity index (χ3v) is 16.7. The summed E-state index contributed by atoms with van der Waals surface area (Å²) < 4.78 is 48.8. The average Bonchev–Trinajstić information content (AvgIpc) is 4.36. The zero-order chi connectivity index (χ0) is 54.9. The molecule has 17 nitrogen and oxygen atoms in total. The second-order valence-electron chi connectivity index (χ2n) is 22.1. The first-order valence-corrected chi connectivity index (χ1v) is 27.6. The molecule has 1 unspecified atom stereocenters. The lowest BCUT2D eigenvalue weighted by Crippen LogP contribution is -2.52. The van der Waals surface area contributed by atoms with Gasteiger partial charge in [0.15, 0.2) is 11.6 Å². The standard InChI is InChI=1S/C59H72F2N10O7/c1-33(2)52(66-58(74)77-6)56(72)69-24-8-10-39(69)32-51-62-44-18-14-37(28-46(44)63-51)48-20-21-49(71(48)40-30-42(60)54(43(61)31-40)68-26-22-36(23-27-68)35-12-16-41(76-5)17-13-35)38-15-19-45-47(29-38)65-55(64-45)50-11-9-25-70(50)57(73)53(34(3)4)67-59(75)78-7/h12-19,28-31,33-34,36,39,48-50,52-53H,8-11,20-27,32H2,1-7H3,(H,62,63)(H,64,65)(H,66,74)(H,67,75)/t39?,48-,49-,50+,52+,53+/m1/s1. The smallest absolute Gasteiger partial charge is 0.407 e. The van der Waals surface area contributed by atoms with Gasteiger partial charge in [0.05, 0.1) is 61.5 Å². The number of carbonyl (C=O) groups is 4. The van der Waals surface area contributed by atoms with Crippen LogP contribution in [0.3, 0.4) is 0 Å². The Hall–Kier alpha value is -7.44. The molecule has 4 aliphatic rings. The van der Waals surface area contributed by atoms with E-state index in [-0.39, 0.29) is 59.4 Å². The molecule has 10 rings (SSSR count). The molecule has 414 valence electrons. The van der Waals surface area contributed by atoms with Crippen LogP contribution >= 0.6 is 0 Å². The van der Waals surface area contributed by atoms with Gasteiger partial charge in [-0.3, -0.25) is 9.59 Å². The monoisotopic (exact) mass is 1070 g/mol. The Morgan fingerprint density at radius 3 is 1.74 bits per heavy atom. The number of methoxy groups -OCH3 is 3. The number of ether oxygens (including phenoxy) is 3. The first kappa shape index (κ1) is 53.9. The van der Waals surface area contributed by atoms with Crippen molar-refractivity contribution in [1.29, 1.82) is 0 Å². The number of nitrogens with one attached hydrogen (secondary N) is 4. The van der Waals surface area contributed by atoms with Crippen molar-refractivity contribution in [2.24, 2.45) is 11.8 Å². The van der Waals surface area contributed by atoms with E-state index in [1.807, 2.05) is 73.9 Å². The minimum Gasteiger partial charge on any atom is -0.497 e. The van der Waals surface area contributed by atoms with Gasteiger partial charge in [-0.2, -0.15) is 0 Å². The summed E-state index contributed by atoms with van der Waals surface area (Å²) in [4.78, 5) is 77.0. The molecule has 4 aliphatic heterocycles. The molecule has 6 heterocycles. The summed E-state index contributed by atoms with van der Waals surface area (Å²) >= 11 is 0. The van der Waals surface area contributed by atoms with Crippen molar-refractivity contribution in [3.05, 3.63) is 113 Å². The van der Waals surface area contributed by atoms with Gasteiger partial charge in [0.1, 0.15) is 35.2 Å². The summed E-state index contributed by atoms with van der Waals surface area (Å²) in [5.74, 6) is 0.547. The maximum atomic E-state index is 16.9. The van der Waals surface area contributed by atoms with E-state index < -0.39 is 35.9 Å². The van der Waals surface area contributed by atoms with E-state index in [0.717, 1.165) is 76.9 Å². The molecular formula is C59H72F2N10O7. The first-order chi connectivity index (χ1) is 37.6. The minimum absolute atomic E-state index is 0.0146. The number of amides is 4. The van der Waals surface area contributed by atoms with Gasteiger partial charge >= 0.3 is 12.2 Å². The second kappa shape index (κ2) is 22.9. The molecule has 19 heteroatoms. The number of aromatic amines is 2. The van der Waals surface area contributed by atoms with Crippen LogP contribution in [0.1, 0.15) is 131 Å². The number of hydrogen-bond acceptors (Lipinski definition) is 11. The minimum atomic E-state index is -0.769. The van der Waals surface area contributed by atoms with Crippen molar-refractivity contribution in [2.45, 2.75) is 128 Å². The Morgan fingerprint density at radius 2 is 1.17 bits per heavy atom. The lowest BCUT2D eigenvalue weighted by atomic mass is 9.89. The summed E-state index contributed by atoms with van der Waals surface area (Å²) in [5, 5.41) is 5.44. The average molecular weight is 1070 g/mol. The largest absolute Gasteiger partial charge is 0.497 e. The molecule has 4 fully saturated rings. The second-order valence-corrected chi connectivity index (χ2v) is 22.1. The van der Waals surface area contributed by atoms with Gasteiger partial charge in [-0.1, -0.05) is 52.0 Å². The third kappa shape index (κ3) is 10.9. The van der Waals surface area contributed by atoms with Crippen molar-refractivity contribution in [2.75, 3.05) is 57.3 Å². The predicted octanol–water partition coefficient (Wildman–Crippen LogP) is 10.2. The number of anilines is 2. The zero-order valence-corrected chi connectivity index (χ0v) is 45.6. The fraction of sp³-hybridized carbons (Fsp3) is 0.492. The predicted molar refractivity (Wildman–Crippen MR) is 293 cm³/mol. The van der Waals surface area contributed by atoms with Crippen LogP contribution in [-0.4, -0.2) is 119 Å². The lowest BCUT2D eigenvalue weighted by molar-refractivity contribution is -0.136. The van der Waals surface area contributed by atoms with Crippen LogP contribution in [0.25, 0.3) is 22.1 Å². The number of halogens is 2. The highest BCUT2D eigenvalue weighted by molar-refractivity contribution is 5.87. The summed E-state index contributed by atoms with van der Waals surface area (Å²) in [5.41, 5.74) is 6.57. The molecule has 4 N–H and O–H groups in total. The topological polar surface area (TPSA) is 190 Å². The highest BCUT2D eigenvalue weighted by Gasteiger charge is 2.41. The number of benzene rings is 4. The van der Waals surface area contributed by atoms with E-state index in [1.165, 1.54) is 31.9 Å². The Balaban J connectivity index is 0.943. The fourth-order valence-corrected chi connectivity index (χ4v) is 12.6. The van der Waals surface area contributed by atoms with Crippen LogP contribution in [-0.2, 0) is 25.5 Å². The van der Waals surface area contributed by atoms with Gasteiger partial charge < -0.3 is 54.4 Å². The van der Waals surface area contributed by atoms with E-state index in [2.05, 4.69) is 49.8 Å². The molecule has 0 radical (unpaired) electrons. The maximum absolute atomic E-state index is 16.9. The van der Waals surface area contributed by atoms with Gasteiger partial charge in [0.2, 0.25) is 11.8 Å². The number of fused-ring (bicyclic) bond motifs is 2. The number of H-pyrrole nitrogens is 2. The third-order valence-electron chi connectivity index (χ3n) is 16.7. The van der Waals surface area contributed by atoms with E-state index in [9.17, 15) is 19.2 Å². The quantitative estimate of drug-likeness (QED) is 0.0766. The molecule has 0 aliphatic carbocycles. The fourth-order valence-electron chi connectivity index (χ4n) is 12.6. The number of rotatable bonds is 15. The lowest BCUT2D eigenvalue weighted by Gasteiger charge is -2.36. The van der Waals surface area contributed by atoms with Gasteiger partial charge in [-0.25, -0.2) is 28.3 Å². The summed E-state index contributed by atoms with van der Waals surface area (Å²) in [7, 11) is 4.20. The van der Waals surface area contributed by atoms with Crippen LogP contribution in [0.4, 0.5) is 29.7 Å². The van der Waals surface area contributed by atoms with Crippen molar-refractivity contribution in [1.82, 2.24) is 40.4 Å². The summed E-state index contributed by atoms with van der Waals surface area (Å²) in [6, 6.07) is 20.7. The number of hydrogen-bond donors (Lipinski definition) is 4. The zero-order valence-electron chi connectivity index (χ0n) is 45.6. The summed E-state index contributed by atoms with van der Waals surface area (Å²) in [6.07, 6.45) is 5.15. The van der Waals surface area contributed by atoms with Crippen molar-refractivity contribution in [3.63, 3.8) is 0 Å². The SMILES string of the molecule is COC(=O)N[C@H](C(=O)N1CCCC1Cc1nc2ccc([C@H]3CC[C@H](c4ccc5nc([C@@H]6CCCN6C(=O)[C@@H](NC(=O)OC)C(C)C)[nH]c5c4)N3c3cc(F)c(N4CCC(c5ccc(OC)cc5)CC4)c(F)c3)cc2[nH]1)C(C)C. The molecule has 0 spiro atoms. The van der Waals surface area contributed by atoms with Gasteiger partial charge in [0.25, 0.3) is 0 Å². The van der Waals surface area contributed by atoms with Crippen LogP contribution in [0, 0.1) is 23.5 Å². The number of alkyl carbamates (subject to hydrolysis) is 2. The normalized spacial score (nSPS) is 20.8. The summed E-state index contributed by atoms with van der Waals surface area (Å²) in [6.45, 7) is 9.67. The molecule has 6 atom stereocenters. The molecule has 0 saturated carbocycles. The maximum Gasteiger partial charge on any atom is 0.407 e. The van der Waals surface area contributed by atoms with Gasteiger partial charge in [0, 0.05) is 44.3 Å². The number of likely N-dealkylation sites (tertiary alicyclic amines) is 2. The van der Waals surface area contributed by atoms with E-state index in [4.69, 9.17) is 24.2 Å². The highest BCUT2D eigenvalue weighted by Crippen LogP contribution is 2.49. The van der Waals surface area contributed by atoms with Gasteiger partial charge in [-0.05, 0) is 134 Å². The number of piperidine rings is 1. The Kier molecular flexibility index (Phi) is 15.8. The van der Waals surface area contributed by atoms with Crippen LogP contribution < -0.4 is 25.2 Å².